The van der Waals surface area contributed by atoms with Crippen LogP contribution in [0.25, 0.3) is 0 Å². The Kier molecular flexibility index (Phi) is 4.37. The van der Waals surface area contributed by atoms with E-state index in [1.54, 1.807) is 0 Å². The average Bonchev–Trinajstić information content (AvgIpc) is 3.22. The molecule has 2 rings (SSSR count). The SMILES string of the molecule is CCN(CC)Cc1ccccc1NC(=O)C1CC1. The summed E-state index contributed by atoms with van der Waals surface area (Å²) in [7, 11) is 0. The van der Waals surface area contributed by atoms with E-state index in [2.05, 4.69) is 30.1 Å². The van der Waals surface area contributed by atoms with Crippen molar-refractivity contribution in [2.75, 3.05) is 18.4 Å². The molecule has 3 nitrogen and oxygen atoms in total. The highest BCUT2D eigenvalue weighted by atomic mass is 16.2. The molecule has 1 aliphatic rings. The van der Waals surface area contributed by atoms with Crippen molar-refractivity contribution in [3.8, 4) is 0 Å². The van der Waals surface area contributed by atoms with Gasteiger partial charge in [-0.1, -0.05) is 32.0 Å². The number of para-hydroxylation sites is 1. The third kappa shape index (κ3) is 3.33. The first kappa shape index (κ1) is 13.1. The van der Waals surface area contributed by atoms with E-state index in [1.165, 1.54) is 5.56 Å². The molecule has 0 spiro atoms. The van der Waals surface area contributed by atoms with E-state index in [0.29, 0.717) is 0 Å². The van der Waals surface area contributed by atoms with Gasteiger partial charge in [-0.15, -0.1) is 0 Å². The summed E-state index contributed by atoms with van der Waals surface area (Å²) in [5.41, 5.74) is 2.18. The fraction of sp³-hybridized carbons (Fsp3) is 0.533. The average molecular weight is 246 g/mol. The van der Waals surface area contributed by atoms with Crippen LogP contribution in [0.5, 0.6) is 0 Å². The van der Waals surface area contributed by atoms with Gasteiger partial charge in [-0.3, -0.25) is 9.69 Å². The molecule has 0 heterocycles. The van der Waals surface area contributed by atoms with Crippen molar-refractivity contribution in [2.45, 2.75) is 33.2 Å². The summed E-state index contributed by atoms with van der Waals surface area (Å²) < 4.78 is 0. The largest absolute Gasteiger partial charge is 0.326 e. The van der Waals surface area contributed by atoms with Crippen LogP contribution in [0.3, 0.4) is 0 Å². The second-order valence-electron chi connectivity index (χ2n) is 4.88. The molecule has 1 N–H and O–H groups in total. The molecule has 0 aliphatic heterocycles. The monoisotopic (exact) mass is 246 g/mol. The molecule has 1 aliphatic carbocycles. The van der Waals surface area contributed by atoms with E-state index in [0.717, 1.165) is 38.2 Å². The summed E-state index contributed by atoms with van der Waals surface area (Å²) >= 11 is 0. The van der Waals surface area contributed by atoms with Crippen LogP contribution in [-0.4, -0.2) is 23.9 Å². The molecule has 1 fully saturated rings. The molecule has 0 unspecified atom stereocenters. The maximum absolute atomic E-state index is 11.8. The summed E-state index contributed by atoms with van der Waals surface area (Å²) in [6.07, 6.45) is 2.09. The Bertz CT molecular complexity index is 409. The smallest absolute Gasteiger partial charge is 0.227 e. The van der Waals surface area contributed by atoms with Gasteiger partial charge in [0.15, 0.2) is 0 Å². The van der Waals surface area contributed by atoms with Crippen molar-refractivity contribution in [2.24, 2.45) is 5.92 Å². The second kappa shape index (κ2) is 6.01. The second-order valence-corrected chi connectivity index (χ2v) is 4.88. The van der Waals surface area contributed by atoms with Gasteiger partial charge in [0.25, 0.3) is 0 Å². The van der Waals surface area contributed by atoms with E-state index in [4.69, 9.17) is 0 Å². The Balaban J connectivity index is 2.06. The van der Waals surface area contributed by atoms with Crippen LogP contribution in [0.4, 0.5) is 5.69 Å². The van der Waals surface area contributed by atoms with Gasteiger partial charge in [-0.2, -0.15) is 0 Å². The van der Waals surface area contributed by atoms with E-state index in [1.807, 2.05) is 18.2 Å². The van der Waals surface area contributed by atoms with Gasteiger partial charge in [-0.25, -0.2) is 0 Å². The third-order valence-corrected chi connectivity index (χ3v) is 3.51. The molecule has 0 saturated heterocycles. The number of anilines is 1. The third-order valence-electron chi connectivity index (χ3n) is 3.51. The summed E-state index contributed by atoms with van der Waals surface area (Å²) in [6, 6.07) is 8.11. The van der Waals surface area contributed by atoms with Crippen LogP contribution in [0.15, 0.2) is 24.3 Å². The lowest BCUT2D eigenvalue weighted by Gasteiger charge is -2.20. The Morgan fingerprint density at radius 2 is 1.94 bits per heavy atom. The lowest BCUT2D eigenvalue weighted by molar-refractivity contribution is -0.117. The molecule has 98 valence electrons. The summed E-state index contributed by atoms with van der Waals surface area (Å²) in [4.78, 5) is 14.2. The molecule has 1 aromatic rings. The lowest BCUT2D eigenvalue weighted by Crippen LogP contribution is -2.23. The number of carbonyl (C=O) groups is 1. The minimum atomic E-state index is 0.182. The predicted octanol–water partition coefficient (Wildman–Crippen LogP) is 2.88. The molecular formula is C15H22N2O. The molecule has 0 aromatic heterocycles. The first-order valence-corrected chi connectivity index (χ1v) is 6.85. The van der Waals surface area contributed by atoms with Crippen LogP contribution < -0.4 is 5.32 Å². The molecule has 3 heteroatoms. The first-order valence-electron chi connectivity index (χ1n) is 6.85. The molecule has 1 aromatic carbocycles. The standard InChI is InChI=1S/C15H22N2O/c1-3-17(4-2)11-13-7-5-6-8-14(13)16-15(18)12-9-10-12/h5-8,12H,3-4,9-11H2,1-2H3,(H,16,18). The highest BCUT2D eigenvalue weighted by molar-refractivity contribution is 5.94. The van der Waals surface area contributed by atoms with Crippen LogP contribution >= 0.6 is 0 Å². The van der Waals surface area contributed by atoms with E-state index >= 15 is 0 Å². The quantitative estimate of drug-likeness (QED) is 0.837. The lowest BCUT2D eigenvalue weighted by atomic mass is 10.1. The summed E-state index contributed by atoms with van der Waals surface area (Å²) in [6.45, 7) is 7.28. The van der Waals surface area contributed by atoms with Gasteiger partial charge in [0.1, 0.15) is 0 Å². The number of hydrogen-bond acceptors (Lipinski definition) is 2. The minimum absolute atomic E-state index is 0.182. The Morgan fingerprint density at radius 1 is 1.28 bits per heavy atom. The predicted molar refractivity (Wildman–Crippen MR) is 74.4 cm³/mol. The van der Waals surface area contributed by atoms with Crippen molar-refractivity contribution in [1.29, 1.82) is 0 Å². The van der Waals surface area contributed by atoms with Gasteiger partial charge in [0.05, 0.1) is 0 Å². The fourth-order valence-electron chi connectivity index (χ4n) is 2.05. The number of rotatable bonds is 6. The number of benzene rings is 1. The highest BCUT2D eigenvalue weighted by Gasteiger charge is 2.29. The van der Waals surface area contributed by atoms with Crippen LogP contribution in [-0.2, 0) is 11.3 Å². The molecule has 1 amide bonds. The number of carbonyl (C=O) groups excluding carboxylic acids is 1. The summed E-state index contributed by atoms with van der Waals surface area (Å²) in [5, 5.41) is 3.06. The van der Waals surface area contributed by atoms with E-state index < -0.39 is 0 Å². The first-order chi connectivity index (χ1) is 8.74. The zero-order chi connectivity index (χ0) is 13.0. The minimum Gasteiger partial charge on any atom is -0.326 e. The van der Waals surface area contributed by atoms with Gasteiger partial charge in [-0.05, 0) is 37.6 Å². The van der Waals surface area contributed by atoms with E-state index in [9.17, 15) is 4.79 Å². The Hall–Kier alpha value is -1.35. The maximum Gasteiger partial charge on any atom is 0.227 e. The number of amides is 1. The van der Waals surface area contributed by atoms with Crippen LogP contribution in [0, 0.1) is 5.92 Å². The van der Waals surface area contributed by atoms with Crippen molar-refractivity contribution in [3.05, 3.63) is 29.8 Å². The van der Waals surface area contributed by atoms with Gasteiger partial charge in [0, 0.05) is 18.2 Å². The molecular weight excluding hydrogens is 224 g/mol. The summed E-state index contributed by atoms with van der Waals surface area (Å²) in [5.74, 6) is 0.438. The van der Waals surface area contributed by atoms with Crippen LogP contribution in [0.2, 0.25) is 0 Å². The van der Waals surface area contributed by atoms with Gasteiger partial charge < -0.3 is 5.32 Å². The van der Waals surface area contributed by atoms with Crippen molar-refractivity contribution >= 4 is 11.6 Å². The van der Waals surface area contributed by atoms with Crippen molar-refractivity contribution < 1.29 is 4.79 Å². The molecule has 0 bridgehead atoms. The molecule has 0 radical (unpaired) electrons. The van der Waals surface area contributed by atoms with E-state index in [-0.39, 0.29) is 11.8 Å². The Morgan fingerprint density at radius 3 is 2.56 bits per heavy atom. The van der Waals surface area contributed by atoms with Gasteiger partial charge in [0.2, 0.25) is 5.91 Å². The zero-order valence-corrected chi connectivity index (χ0v) is 11.3. The number of hydrogen-bond donors (Lipinski definition) is 1. The molecule has 1 saturated carbocycles. The molecule has 18 heavy (non-hydrogen) atoms. The topological polar surface area (TPSA) is 32.3 Å². The van der Waals surface area contributed by atoms with Crippen molar-refractivity contribution in [3.63, 3.8) is 0 Å². The maximum atomic E-state index is 11.8. The Labute approximate surface area is 109 Å². The van der Waals surface area contributed by atoms with Crippen LogP contribution in [0.1, 0.15) is 32.3 Å². The number of nitrogens with one attached hydrogen (secondary N) is 1. The number of nitrogens with zero attached hydrogens (tertiary/aromatic N) is 1. The van der Waals surface area contributed by atoms with Gasteiger partial charge >= 0.3 is 0 Å². The normalized spacial score (nSPS) is 14.8. The molecule has 0 atom stereocenters. The van der Waals surface area contributed by atoms with Crippen molar-refractivity contribution in [1.82, 2.24) is 4.90 Å². The zero-order valence-electron chi connectivity index (χ0n) is 11.3. The fourth-order valence-corrected chi connectivity index (χ4v) is 2.05. The highest BCUT2D eigenvalue weighted by Crippen LogP contribution is 2.30.